The first kappa shape index (κ1) is 14.1. The Morgan fingerprint density at radius 3 is 2.90 bits per heavy atom. The third-order valence-electron chi connectivity index (χ3n) is 3.48. The van der Waals surface area contributed by atoms with Crippen LogP contribution in [0.2, 0.25) is 0 Å². The van der Waals surface area contributed by atoms with Gasteiger partial charge in [-0.1, -0.05) is 12.1 Å². The number of hydrogen-bond donors (Lipinski definition) is 1. The minimum atomic E-state index is -0.937. The molecule has 2 atom stereocenters. The number of benzene rings is 1. The normalized spacial score (nSPS) is 21.9. The van der Waals surface area contributed by atoms with Crippen LogP contribution in [0.3, 0.4) is 0 Å². The predicted molar refractivity (Wildman–Crippen MR) is 70.7 cm³/mol. The molecule has 2 heterocycles. The van der Waals surface area contributed by atoms with E-state index in [1.54, 1.807) is 0 Å². The Kier molecular flexibility index (Phi) is 3.94. The van der Waals surface area contributed by atoms with Crippen LogP contribution >= 0.6 is 0 Å². The fraction of sp³-hybridized carbons (Fsp3) is 0.429. The van der Waals surface area contributed by atoms with Gasteiger partial charge in [-0.15, -0.1) is 0 Å². The first-order valence-electron chi connectivity index (χ1n) is 6.79. The van der Waals surface area contributed by atoms with Crippen molar-refractivity contribution in [1.82, 2.24) is 15.5 Å². The SMILES string of the molecule is CCNC1COCC1c1nc(-c2ccc(F)c(F)c2)no1. The van der Waals surface area contributed by atoms with Crippen molar-refractivity contribution in [2.45, 2.75) is 18.9 Å². The van der Waals surface area contributed by atoms with Gasteiger partial charge in [-0.3, -0.25) is 0 Å². The summed E-state index contributed by atoms with van der Waals surface area (Å²) in [4.78, 5) is 4.28. The monoisotopic (exact) mass is 295 g/mol. The molecule has 112 valence electrons. The van der Waals surface area contributed by atoms with Crippen molar-refractivity contribution in [2.24, 2.45) is 0 Å². The second-order valence-corrected chi connectivity index (χ2v) is 4.89. The first-order chi connectivity index (χ1) is 10.2. The molecule has 2 aromatic rings. The molecule has 1 aromatic heterocycles. The van der Waals surface area contributed by atoms with Crippen LogP contribution < -0.4 is 5.32 Å². The van der Waals surface area contributed by atoms with Crippen LogP contribution in [0.15, 0.2) is 22.7 Å². The Bertz CT molecular complexity index is 632. The molecule has 1 fully saturated rings. The van der Waals surface area contributed by atoms with Gasteiger partial charge in [0.15, 0.2) is 11.6 Å². The Balaban J connectivity index is 1.84. The zero-order valence-electron chi connectivity index (χ0n) is 11.5. The quantitative estimate of drug-likeness (QED) is 0.936. The lowest BCUT2D eigenvalue weighted by molar-refractivity contribution is 0.185. The molecule has 0 amide bonds. The highest BCUT2D eigenvalue weighted by atomic mass is 19.2. The molecule has 7 heteroatoms. The molecule has 2 unspecified atom stereocenters. The molecule has 0 aliphatic carbocycles. The molecule has 21 heavy (non-hydrogen) atoms. The van der Waals surface area contributed by atoms with Crippen molar-refractivity contribution >= 4 is 0 Å². The Hall–Kier alpha value is -1.86. The van der Waals surface area contributed by atoms with E-state index in [0.717, 1.165) is 18.7 Å². The minimum Gasteiger partial charge on any atom is -0.379 e. The van der Waals surface area contributed by atoms with Crippen LogP contribution in [-0.4, -0.2) is 35.9 Å². The van der Waals surface area contributed by atoms with E-state index in [-0.39, 0.29) is 17.8 Å². The fourth-order valence-corrected chi connectivity index (χ4v) is 2.40. The minimum absolute atomic E-state index is 0.0310. The number of ether oxygens (including phenoxy) is 1. The van der Waals surface area contributed by atoms with Crippen LogP contribution in [0.4, 0.5) is 8.78 Å². The molecular formula is C14H15F2N3O2. The van der Waals surface area contributed by atoms with E-state index in [1.807, 2.05) is 6.92 Å². The van der Waals surface area contributed by atoms with E-state index in [1.165, 1.54) is 6.07 Å². The van der Waals surface area contributed by atoms with Crippen molar-refractivity contribution in [2.75, 3.05) is 19.8 Å². The highest BCUT2D eigenvalue weighted by Gasteiger charge is 2.33. The summed E-state index contributed by atoms with van der Waals surface area (Å²) >= 11 is 0. The van der Waals surface area contributed by atoms with Gasteiger partial charge in [0.1, 0.15) is 0 Å². The summed E-state index contributed by atoms with van der Waals surface area (Å²) in [6, 6.07) is 3.63. The topological polar surface area (TPSA) is 60.2 Å². The Morgan fingerprint density at radius 2 is 2.14 bits per heavy atom. The summed E-state index contributed by atoms with van der Waals surface area (Å²) in [6.45, 7) is 3.91. The Labute approximate surface area is 120 Å². The summed E-state index contributed by atoms with van der Waals surface area (Å²) in [7, 11) is 0. The van der Waals surface area contributed by atoms with Crippen LogP contribution in [0.1, 0.15) is 18.7 Å². The summed E-state index contributed by atoms with van der Waals surface area (Å²) in [5, 5.41) is 7.13. The van der Waals surface area contributed by atoms with Gasteiger partial charge in [0.25, 0.3) is 0 Å². The highest BCUT2D eigenvalue weighted by Crippen LogP contribution is 2.27. The van der Waals surface area contributed by atoms with Gasteiger partial charge < -0.3 is 14.6 Å². The largest absolute Gasteiger partial charge is 0.379 e. The number of likely N-dealkylation sites (N-methyl/N-ethyl adjacent to an activating group) is 1. The van der Waals surface area contributed by atoms with E-state index in [9.17, 15) is 8.78 Å². The molecule has 0 spiro atoms. The predicted octanol–water partition coefficient (Wildman–Crippen LogP) is 2.11. The van der Waals surface area contributed by atoms with Crippen molar-refractivity contribution in [3.05, 3.63) is 35.7 Å². The number of nitrogens with one attached hydrogen (secondary N) is 1. The van der Waals surface area contributed by atoms with E-state index in [2.05, 4.69) is 15.5 Å². The molecule has 1 aliphatic rings. The van der Waals surface area contributed by atoms with Crippen molar-refractivity contribution in [3.63, 3.8) is 0 Å². The molecule has 1 aliphatic heterocycles. The van der Waals surface area contributed by atoms with E-state index < -0.39 is 11.6 Å². The van der Waals surface area contributed by atoms with Gasteiger partial charge in [-0.25, -0.2) is 8.78 Å². The lowest BCUT2D eigenvalue weighted by Gasteiger charge is -2.13. The van der Waals surface area contributed by atoms with Gasteiger partial charge in [0, 0.05) is 11.6 Å². The van der Waals surface area contributed by atoms with Gasteiger partial charge in [0.2, 0.25) is 11.7 Å². The average molecular weight is 295 g/mol. The van der Waals surface area contributed by atoms with E-state index >= 15 is 0 Å². The summed E-state index contributed by atoms with van der Waals surface area (Å²) in [6.07, 6.45) is 0. The fourth-order valence-electron chi connectivity index (χ4n) is 2.40. The summed E-state index contributed by atoms with van der Waals surface area (Å²) < 4.78 is 36.9. The molecule has 1 aromatic carbocycles. The zero-order valence-corrected chi connectivity index (χ0v) is 11.5. The van der Waals surface area contributed by atoms with Crippen LogP contribution in [-0.2, 0) is 4.74 Å². The highest BCUT2D eigenvalue weighted by molar-refractivity contribution is 5.54. The number of hydrogen-bond acceptors (Lipinski definition) is 5. The summed E-state index contributed by atoms with van der Waals surface area (Å²) in [5.74, 6) is -1.19. The standard InChI is InChI=1S/C14H15F2N3O2/c1-2-17-12-7-20-6-9(12)14-18-13(19-21-14)8-3-4-10(15)11(16)5-8/h3-5,9,12,17H,2,6-7H2,1H3. The molecular weight excluding hydrogens is 280 g/mol. The number of halogens is 2. The van der Waals surface area contributed by atoms with Crippen LogP contribution in [0, 0.1) is 11.6 Å². The second-order valence-electron chi connectivity index (χ2n) is 4.89. The molecule has 5 nitrogen and oxygen atoms in total. The van der Waals surface area contributed by atoms with Crippen molar-refractivity contribution in [3.8, 4) is 11.4 Å². The van der Waals surface area contributed by atoms with Crippen LogP contribution in [0.5, 0.6) is 0 Å². The van der Waals surface area contributed by atoms with Crippen LogP contribution in [0.25, 0.3) is 11.4 Å². The van der Waals surface area contributed by atoms with Gasteiger partial charge >= 0.3 is 0 Å². The smallest absolute Gasteiger partial charge is 0.234 e. The third-order valence-corrected chi connectivity index (χ3v) is 3.48. The number of aromatic nitrogens is 2. The van der Waals surface area contributed by atoms with E-state index in [0.29, 0.717) is 24.7 Å². The van der Waals surface area contributed by atoms with Gasteiger partial charge in [-0.2, -0.15) is 4.98 Å². The number of rotatable bonds is 4. The molecule has 1 saturated heterocycles. The third kappa shape index (κ3) is 2.79. The van der Waals surface area contributed by atoms with E-state index in [4.69, 9.17) is 9.26 Å². The molecule has 0 saturated carbocycles. The number of nitrogens with zero attached hydrogens (tertiary/aromatic N) is 2. The molecule has 0 radical (unpaired) electrons. The zero-order chi connectivity index (χ0) is 14.8. The van der Waals surface area contributed by atoms with Gasteiger partial charge in [-0.05, 0) is 24.7 Å². The van der Waals surface area contributed by atoms with Crippen molar-refractivity contribution < 1.29 is 18.0 Å². The first-order valence-corrected chi connectivity index (χ1v) is 6.79. The lowest BCUT2D eigenvalue weighted by Crippen LogP contribution is -2.34. The molecule has 1 N–H and O–H groups in total. The maximum atomic E-state index is 13.2. The second kappa shape index (κ2) is 5.87. The maximum Gasteiger partial charge on any atom is 0.234 e. The average Bonchev–Trinajstić information content (AvgIpc) is 3.10. The molecule has 0 bridgehead atoms. The molecule has 3 rings (SSSR count). The maximum absolute atomic E-state index is 13.2. The van der Waals surface area contributed by atoms with Gasteiger partial charge in [0.05, 0.1) is 19.1 Å². The van der Waals surface area contributed by atoms with Crippen molar-refractivity contribution in [1.29, 1.82) is 0 Å². The summed E-state index contributed by atoms with van der Waals surface area (Å²) in [5.41, 5.74) is 0.378. The Morgan fingerprint density at radius 1 is 1.29 bits per heavy atom. The lowest BCUT2D eigenvalue weighted by atomic mass is 10.0.